The highest BCUT2D eigenvalue weighted by Crippen LogP contribution is 2.27. The number of pyridine rings is 1. The van der Waals surface area contributed by atoms with Crippen molar-refractivity contribution in [3.05, 3.63) is 53.5 Å². The van der Waals surface area contributed by atoms with Crippen molar-refractivity contribution in [1.82, 2.24) is 14.8 Å². The number of benzene rings is 1. The number of urea groups is 1. The van der Waals surface area contributed by atoms with Crippen LogP contribution in [0.3, 0.4) is 0 Å². The maximum Gasteiger partial charge on any atom is 0.321 e. The zero-order valence-corrected chi connectivity index (χ0v) is 21.1. The molecule has 36 heavy (non-hydrogen) atoms. The molecule has 3 rings (SSSR count). The van der Waals surface area contributed by atoms with Crippen molar-refractivity contribution < 1.29 is 23.8 Å². The molecule has 2 heterocycles. The maximum absolute atomic E-state index is 14.0. The van der Waals surface area contributed by atoms with Crippen LogP contribution >= 0.6 is 0 Å². The lowest BCUT2D eigenvalue weighted by atomic mass is 10.00. The lowest BCUT2D eigenvalue weighted by Crippen LogP contribution is -2.50. The summed E-state index contributed by atoms with van der Waals surface area (Å²) in [7, 11) is 1.59. The molecule has 1 aliphatic rings. The Morgan fingerprint density at radius 3 is 2.86 bits per heavy atom. The van der Waals surface area contributed by atoms with Crippen molar-refractivity contribution in [3.63, 3.8) is 0 Å². The number of nitrogens with one attached hydrogen (secondary N) is 1. The Morgan fingerprint density at radius 2 is 2.17 bits per heavy atom. The van der Waals surface area contributed by atoms with Crippen LogP contribution in [0, 0.1) is 23.6 Å². The van der Waals surface area contributed by atoms with Crippen molar-refractivity contribution in [2.75, 3.05) is 32.1 Å². The predicted octanol–water partition coefficient (Wildman–Crippen LogP) is 3.76. The average molecular weight is 497 g/mol. The molecule has 0 saturated carbocycles. The Morgan fingerprint density at radius 1 is 1.42 bits per heavy atom. The van der Waals surface area contributed by atoms with Crippen LogP contribution in [0.5, 0.6) is 5.88 Å². The number of hydrogen-bond donors (Lipinski definition) is 2. The number of halogens is 1. The van der Waals surface area contributed by atoms with Crippen molar-refractivity contribution in [2.45, 2.75) is 45.8 Å². The first kappa shape index (κ1) is 27.0. The van der Waals surface area contributed by atoms with E-state index in [1.54, 1.807) is 43.3 Å². The minimum absolute atomic E-state index is 0.0817. The first-order chi connectivity index (χ1) is 17.2. The van der Waals surface area contributed by atoms with Gasteiger partial charge in [-0.15, -0.1) is 0 Å². The van der Waals surface area contributed by atoms with E-state index < -0.39 is 24.0 Å². The Kier molecular flexibility index (Phi) is 9.25. The van der Waals surface area contributed by atoms with E-state index in [4.69, 9.17) is 4.74 Å². The molecule has 1 aromatic carbocycles. The number of aromatic nitrogens is 1. The molecule has 0 bridgehead atoms. The molecule has 0 aliphatic carbocycles. The third kappa shape index (κ3) is 6.52. The molecule has 9 heteroatoms. The molecule has 1 aromatic heterocycles. The van der Waals surface area contributed by atoms with Gasteiger partial charge in [-0.1, -0.05) is 37.8 Å². The zero-order valence-electron chi connectivity index (χ0n) is 21.1. The van der Waals surface area contributed by atoms with E-state index in [9.17, 15) is 19.1 Å². The van der Waals surface area contributed by atoms with Crippen LogP contribution in [-0.2, 0) is 0 Å². The molecule has 0 unspecified atom stereocenters. The smallest absolute Gasteiger partial charge is 0.321 e. The van der Waals surface area contributed by atoms with Crippen molar-refractivity contribution >= 4 is 17.6 Å². The highest BCUT2D eigenvalue weighted by molar-refractivity contribution is 5.97. The number of nitrogens with zero attached hydrogens (tertiary/aromatic N) is 3. The average Bonchev–Trinajstić information content (AvgIpc) is 2.87. The van der Waals surface area contributed by atoms with Gasteiger partial charge >= 0.3 is 6.03 Å². The van der Waals surface area contributed by atoms with Gasteiger partial charge in [0.25, 0.3) is 5.91 Å². The number of para-hydroxylation sites is 1. The second kappa shape index (κ2) is 12.4. The zero-order chi connectivity index (χ0) is 26.2. The summed E-state index contributed by atoms with van der Waals surface area (Å²) in [5.41, 5.74) is 0.939. The fourth-order valence-electron chi connectivity index (χ4n) is 3.80. The number of fused-ring (bicyclic) bond motifs is 1. The molecule has 2 N–H and O–H groups in total. The molecule has 0 fully saturated rings. The van der Waals surface area contributed by atoms with E-state index in [-0.39, 0.29) is 42.1 Å². The topological polar surface area (TPSA) is 95.0 Å². The standard InChI is InChI=1S/C27H33FN4O4/c1-5-6-7-10-20-13-21-25(29-14-20)36-24(18(2)15-32(26(21)34)19(3)17-33)16-31(4)27(35)30-23-12-9-8-11-22(23)28/h8-9,11-14,18-19,24,33H,5-6,15-17H2,1-4H3,(H,30,35)/t18-,19+,24-/m1/s1. The van der Waals surface area contributed by atoms with Crippen LogP contribution in [-0.4, -0.2) is 70.7 Å². The number of unbranched alkanes of at least 4 members (excludes halogenated alkanes) is 1. The largest absolute Gasteiger partial charge is 0.472 e. The number of rotatable bonds is 6. The van der Waals surface area contributed by atoms with Crippen molar-refractivity contribution in [1.29, 1.82) is 0 Å². The molecule has 0 saturated heterocycles. The van der Waals surface area contributed by atoms with E-state index in [2.05, 4.69) is 22.1 Å². The van der Waals surface area contributed by atoms with E-state index in [1.165, 1.54) is 17.0 Å². The highest BCUT2D eigenvalue weighted by atomic mass is 19.1. The number of ether oxygens (including phenoxy) is 1. The summed E-state index contributed by atoms with van der Waals surface area (Å²) in [4.78, 5) is 33.6. The van der Waals surface area contributed by atoms with Gasteiger partial charge in [0.2, 0.25) is 5.88 Å². The van der Waals surface area contributed by atoms with E-state index in [0.29, 0.717) is 12.1 Å². The minimum atomic E-state index is -0.530. The number of carbonyl (C=O) groups is 2. The maximum atomic E-state index is 14.0. The first-order valence-electron chi connectivity index (χ1n) is 12.1. The molecule has 8 nitrogen and oxygen atoms in total. The monoisotopic (exact) mass is 496 g/mol. The molecular formula is C27H33FN4O4. The second-order valence-electron chi connectivity index (χ2n) is 9.04. The summed E-state index contributed by atoms with van der Waals surface area (Å²) in [6.07, 6.45) is 2.70. The van der Waals surface area contributed by atoms with Crippen LogP contribution in [0.4, 0.5) is 14.9 Å². The minimum Gasteiger partial charge on any atom is -0.472 e. The number of anilines is 1. The molecule has 1 aliphatic heterocycles. The quantitative estimate of drug-likeness (QED) is 0.594. The van der Waals surface area contributed by atoms with Gasteiger partial charge in [-0.3, -0.25) is 4.79 Å². The molecule has 2 aromatic rings. The summed E-state index contributed by atoms with van der Waals surface area (Å²) < 4.78 is 20.2. The number of amides is 3. The third-order valence-electron chi connectivity index (χ3n) is 6.04. The summed E-state index contributed by atoms with van der Waals surface area (Å²) in [6, 6.07) is 6.67. The number of aliphatic hydroxyl groups is 1. The summed E-state index contributed by atoms with van der Waals surface area (Å²) in [6.45, 7) is 5.98. The van der Waals surface area contributed by atoms with Gasteiger partial charge in [-0.2, -0.15) is 0 Å². The van der Waals surface area contributed by atoms with Gasteiger partial charge in [-0.05, 0) is 31.5 Å². The number of likely N-dealkylation sites (N-methyl/N-ethyl adjacent to an activating group) is 1. The summed E-state index contributed by atoms with van der Waals surface area (Å²) in [5.74, 6) is 5.19. The number of carbonyl (C=O) groups excluding carboxylic acids is 2. The molecule has 192 valence electrons. The van der Waals surface area contributed by atoms with Gasteiger partial charge in [0, 0.05) is 37.7 Å². The van der Waals surface area contributed by atoms with Crippen LogP contribution in [0.25, 0.3) is 0 Å². The Bertz CT molecular complexity index is 1150. The second-order valence-corrected chi connectivity index (χ2v) is 9.04. The van der Waals surface area contributed by atoms with E-state index in [1.807, 2.05) is 13.8 Å². The molecular weight excluding hydrogens is 463 g/mol. The lowest BCUT2D eigenvalue weighted by Gasteiger charge is -2.37. The van der Waals surface area contributed by atoms with Gasteiger partial charge in [-0.25, -0.2) is 14.2 Å². The Hall–Kier alpha value is -3.64. The molecule has 3 atom stereocenters. The van der Waals surface area contributed by atoms with Gasteiger partial charge in [0.05, 0.1) is 24.9 Å². The number of hydrogen-bond acceptors (Lipinski definition) is 5. The Balaban J connectivity index is 1.88. The van der Waals surface area contributed by atoms with Gasteiger partial charge < -0.3 is 25.0 Å². The Labute approximate surface area is 211 Å². The van der Waals surface area contributed by atoms with E-state index in [0.717, 1.165) is 12.8 Å². The fraction of sp³-hybridized carbons (Fsp3) is 0.444. The van der Waals surface area contributed by atoms with Gasteiger partial charge in [0.1, 0.15) is 17.5 Å². The first-order valence-corrected chi connectivity index (χ1v) is 12.1. The molecule has 0 spiro atoms. The molecule has 0 radical (unpaired) electrons. The van der Waals surface area contributed by atoms with Crippen LogP contribution in [0.1, 0.15) is 49.5 Å². The summed E-state index contributed by atoms with van der Waals surface area (Å²) >= 11 is 0. The fourth-order valence-corrected chi connectivity index (χ4v) is 3.80. The van der Waals surface area contributed by atoms with Crippen LogP contribution < -0.4 is 10.1 Å². The SMILES string of the molecule is CCCC#Cc1cnc2c(c1)C(=O)N([C@@H](C)CO)C[C@@H](C)[C@@H](CN(C)C(=O)Nc1ccccc1F)O2. The normalized spacial score (nSPS) is 18.1. The molecule has 3 amide bonds. The lowest BCUT2D eigenvalue weighted by molar-refractivity contribution is 0.0356. The van der Waals surface area contributed by atoms with Crippen LogP contribution in [0.2, 0.25) is 0 Å². The highest BCUT2D eigenvalue weighted by Gasteiger charge is 2.34. The van der Waals surface area contributed by atoms with E-state index >= 15 is 0 Å². The third-order valence-corrected chi connectivity index (χ3v) is 6.04. The number of aliphatic hydroxyl groups excluding tert-OH is 1. The van der Waals surface area contributed by atoms with Gasteiger partial charge in [0.15, 0.2) is 0 Å². The van der Waals surface area contributed by atoms with Crippen molar-refractivity contribution in [2.24, 2.45) is 5.92 Å². The predicted molar refractivity (Wildman–Crippen MR) is 135 cm³/mol. The van der Waals surface area contributed by atoms with Crippen LogP contribution in [0.15, 0.2) is 36.5 Å². The summed E-state index contributed by atoms with van der Waals surface area (Å²) in [5, 5.41) is 12.4. The van der Waals surface area contributed by atoms with Crippen molar-refractivity contribution in [3.8, 4) is 17.7 Å².